The lowest BCUT2D eigenvalue weighted by Gasteiger charge is -2.21. The number of fused-ring (bicyclic) bond motifs is 2. The molecule has 1 fully saturated rings. The van der Waals surface area contributed by atoms with Gasteiger partial charge in [0.25, 0.3) is 0 Å². The lowest BCUT2D eigenvalue weighted by molar-refractivity contribution is -0.122. The number of nitrogens with zero attached hydrogens (tertiary/aromatic N) is 1. The molecule has 146 valence electrons. The van der Waals surface area contributed by atoms with E-state index in [9.17, 15) is 4.79 Å². The molecule has 6 heteroatoms. The number of rotatable bonds is 4. The van der Waals surface area contributed by atoms with Gasteiger partial charge >= 0.3 is 0 Å². The van der Waals surface area contributed by atoms with Crippen molar-refractivity contribution in [3.05, 3.63) is 60.7 Å². The van der Waals surface area contributed by atoms with E-state index < -0.39 is 0 Å². The Morgan fingerprint density at radius 2 is 1.83 bits per heavy atom. The second kappa shape index (κ2) is 7.56. The highest BCUT2D eigenvalue weighted by Crippen LogP contribution is 2.30. The van der Waals surface area contributed by atoms with Crippen molar-refractivity contribution in [1.82, 2.24) is 10.2 Å². The molecule has 1 amide bonds. The molecular weight excluding hydrogens is 364 g/mol. The maximum Gasteiger partial charge on any atom is 0.227 e. The molecule has 1 aromatic heterocycles. The summed E-state index contributed by atoms with van der Waals surface area (Å²) in [5.74, 6) is 0.801. The molecule has 1 saturated heterocycles. The molecule has 6 nitrogen and oxygen atoms in total. The van der Waals surface area contributed by atoms with Crippen LogP contribution in [0.1, 0.15) is 12.8 Å². The lowest BCUT2D eigenvalue weighted by Crippen LogP contribution is -2.28. The summed E-state index contributed by atoms with van der Waals surface area (Å²) >= 11 is 0. The molecule has 2 heterocycles. The number of hydrogen-bond acceptors (Lipinski definition) is 4. The van der Waals surface area contributed by atoms with Gasteiger partial charge in [0.05, 0.1) is 5.52 Å². The zero-order valence-electron chi connectivity index (χ0n) is 15.9. The quantitative estimate of drug-likeness (QED) is 0.470. The van der Waals surface area contributed by atoms with Gasteiger partial charge in [0, 0.05) is 41.3 Å². The SMILES string of the molecule is O=C(Nc1ccc2[nH]nc(Nc3cccc4ccccc34)c2c1)C1CCOCC1. The average molecular weight is 386 g/mol. The van der Waals surface area contributed by atoms with Gasteiger partial charge in [0.15, 0.2) is 5.82 Å². The second-order valence-corrected chi connectivity index (χ2v) is 7.36. The summed E-state index contributed by atoms with van der Waals surface area (Å²) < 4.78 is 5.35. The monoisotopic (exact) mass is 386 g/mol. The van der Waals surface area contributed by atoms with Crippen LogP contribution in [-0.4, -0.2) is 29.3 Å². The summed E-state index contributed by atoms with van der Waals surface area (Å²) in [6.45, 7) is 1.30. The topological polar surface area (TPSA) is 79.0 Å². The minimum atomic E-state index is 0.0112. The fraction of sp³-hybridized carbons (Fsp3) is 0.217. The smallest absolute Gasteiger partial charge is 0.227 e. The van der Waals surface area contributed by atoms with Crippen molar-refractivity contribution < 1.29 is 9.53 Å². The van der Waals surface area contributed by atoms with Gasteiger partial charge in [0.2, 0.25) is 5.91 Å². The number of anilines is 3. The summed E-state index contributed by atoms with van der Waals surface area (Å²) in [4.78, 5) is 12.6. The van der Waals surface area contributed by atoms with E-state index in [1.165, 1.54) is 5.39 Å². The number of nitrogens with one attached hydrogen (secondary N) is 3. The summed E-state index contributed by atoms with van der Waals surface area (Å²) in [5.41, 5.74) is 2.68. The summed E-state index contributed by atoms with van der Waals surface area (Å²) in [6.07, 6.45) is 1.54. The van der Waals surface area contributed by atoms with E-state index in [0.717, 1.165) is 46.3 Å². The first kappa shape index (κ1) is 17.7. The van der Waals surface area contributed by atoms with Crippen molar-refractivity contribution >= 4 is 44.8 Å². The van der Waals surface area contributed by atoms with Crippen LogP contribution in [0.25, 0.3) is 21.7 Å². The zero-order chi connectivity index (χ0) is 19.6. The first-order valence-corrected chi connectivity index (χ1v) is 9.89. The van der Waals surface area contributed by atoms with Crippen molar-refractivity contribution in [2.24, 2.45) is 5.92 Å². The Labute approximate surface area is 168 Å². The Balaban J connectivity index is 1.43. The minimum absolute atomic E-state index is 0.0112. The van der Waals surface area contributed by atoms with E-state index in [1.807, 2.05) is 42.5 Å². The second-order valence-electron chi connectivity index (χ2n) is 7.36. The van der Waals surface area contributed by atoms with Crippen molar-refractivity contribution in [3.63, 3.8) is 0 Å². The van der Waals surface area contributed by atoms with Crippen LogP contribution in [0.2, 0.25) is 0 Å². The first-order valence-electron chi connectivity index (χ1n) is 9.89. The fourth-order valence-corrected chi connectivity index (χ4v) is 3.85. The molecule has 0 unspecified atom stereocenters. The van der Waals surface area contributed by atoms with E-state index in [0.29, 0.717) is 13.2 Å². The molecule has 1 aliphatic heterocycles. The molecule has 29 heavy (non-hydrogen) atoms. The molecule has 3 N–H and O–H groups in total. The first-order chi connectivity index (χ1) is 14.3. The van der Waals surface area contributed by atoms with E-state index in [4.69, 9.17) is 4.74 Å². The number of carbonyl (C=O) groups excluding carboxylic acids is 1. The van der Waals surface area contributed by atoms with Crippen LogP contribution in [0.4, 0.5) is 17.2 Å². The standard InChI is InChI=1S/C23H22N4O2/c28-23(16-10-12-29-13-11-16)24-17-8-9-21-19(14-17)22(27-26-21)25-20-7-3-5-15-4-1-2-6-18(15)20/h1-9,14,16H,10-13H2,(H,24,28)(H2,25,26,27). The van der Waals surface area contributed by atoms with Gasteiger partial charge in [-0.1, -0.05) is 36.4 Å². The molecule has 4 aromatic rings. The van der Waals surface area contributed by atoms with Gasteiger partial charge in [-0.15, -0.1) is 0 Å². The van der Waals surface area contributed by atoms with Gasteiger partial charge < -0.3 is 15.4 Å². The van der Waals surface area contributed by atoms with Crippen LogP contribution in [0.15, 0.2) is 60.7 Å². The number of aromatic nitrogens is 2. The Morgan fingerprint density at radius 3 is 2.72 bits per heavy atom. The molecular formula is C23H22N4O2. The van der Waals surface area contributed by atoms with Crippen molar-refractivity contribution in [3.8, 4) is 0 Å². The van der Waals surface area contributed by atoms with Gasteiger partial charge in [-0.3, -0.25) is 9.89 Å². The van der Waals surface area contributed by atoms with Gasteiger partial charge in [0.1, 0.15) is 0 Å². The highest BCUT2D eigenvalue weighted by atomic mass is 16.5. The number of aromatic amines is 1. The normalized spacial score (nSPS) is 14.9. The molecule has 0 aliphatic carbocycles. The molecule has 3 aromatic carbocycles. The predicted molar refractivity (Wildman–Crippen MR) is 115 cm³/mol. The Bertz CT molecular complexity index is 1170. The number of benzene rings is 3. The zero-order valence-corrected chi connectivity index (χ0v) is 15.9. The van der Waals surface area contributed by atoms with Gasteiger partial charge in [-0.05, 0) is 42.5 Å². The van der Waals surface area contributed by atoms with Crippen molar-refractivity contribution in [1.29, 1.82) is 0 Å². The third-order valence-electron chi connectivity index (χ3n) is 5.47. The highest BCUT2D eigenvalue weighted by Gasteiger charge is 2.21. The number of hydrogen-bond donors (Lipinski definition) is 3. The number of carbonyl (C=O) groups is 1. The maximum absolute atomic E-state index is 12.6. The Kier molecular flexibility index (Phi) is 4.62. The van der Waals surface area contributed by atoms with E-state index >= 15 is 0 Å². The minimum Gasteiger partial charge on any atom is -0.381 e. The Hall–Kier alpha value is -3.38. The van der Waals surface area contributed by atoms with Crippen LogP contribution in [0.3, 0.4) is 0 Å². The number of ether oxygens (including phenoxy) is 1. The Morgan fingerprint density at radius 1 is 1.00 bits per heavy atom. The van der Waals surface area contributed by atoms with Gasteiger partial charge in [-0.25, -0.2) is 0 Å². The molecule has 5 rings (SSSR count). The molecule has 0 spiro atoms. The average Bonchev–Trinajstić information content (AvgIpc) is 3.17. The molecule has 0 atom stereocenters. The van der Waals surface area contributed by atoms with Gasteiger partial charge in [-0.2, -0.15) is 5.10 Å². The van der Waals surface area contributed by atoms with E-state index in [-0.39, 0.29) is 11.8 Å². The number of H-pyrrole nitrogens is 1. The van der Waals surface area contributed by atoms with E-state index in [1.54, 1.807) is 0 Å². The maximum atomic E-state index is 12.6. The summed E-state index contributed by atoms with van der Waals surface area (Å²) in [6, 6.07) is 20.2. The molecule has 0 bridgehead atoms. The third-order valence-corrected chi connectivity index (χ3v) is 5.47. The largest absolute Gasteiger partial charge is 0.381 e. The van der Waals surface area contributed by atoms with Crippen molar-refractivity contribution in [2.75, 3.05) is 23.8 Å². The third kappa shape index (κ3) is 3.54. The molecule has 1 aliphatic rings. The fourth-order valence-electron chi connectivity index (χ4n) is 3.85. The summed E-state index contributed by atoms with van der Waals surface area (Å²) in [5, 5.41) is 17.2. The highest BCUT2D eigenvalue weighted by molar-refractivity contribution is 6.01. The lowest BCUT2D eigenvalue weighted by atomic mass is 9.99. The van der Waals surface area contributed by atoms with Crippen molar-refractivity contribution in [2.45, 2.75) is 12.8 Å². The van der Waals surface area contributed by atoms with Crippen LogP contribution < -0.4 is 10.6 Å². The molecule has 0 radical (unpaired) electrons. The number of amides is 1. The summed E-state index contributed by atoms with van der Waals surface area (Å²) in [7, 11) is 0. The molecule has 0 saturated carbocycles. The predicted octanol–water partition coefficient (Wildman–Crippen LogP) is 4.82. The van der Waals surface area contributed by atoms with Crippen LogP contribution >= 0.6 is 0 Å². The van der Waals surface area contributed by atoms with Crippen LogP contribution in [-0.2, 0) is 9.53 Å². The van der Waals surface area contributed by atoms with E-state index in [2.05, 4.69) is 39.0 Å². The van der Waals surface area contributed by atoms with Crippen LogP contribution in [0.5, 0.6) is 0 Å². The van der Waals surface area contributed by atoms with Crippen LogP contribution in [0, 0.1) is 5.92 Å².